The average Bonchev–Trinajstić information content (AvgIpc) is 2.16. The van der Waals surface area contributed by atoms with Gasteiger partial charge in [-0.05, 0) is 18.2 Å². The van der Waals surface area contributed by atoms with E-state index in [9.17, 15) is 4.39 Å². The van der Waals surface area contributed by atoms with Gasteiger partial charge in [-0.15, -0.1) is 0 Å². The summed E-state index contributed by atoms with van der Waals surface area (Å²) in [6.07, 6.45) is 0. The van der Waals surface area contributed by atoms with Crippen molar-refractivity contribution >= 4 is 15.9 Å². The van der Waals surface area contributed by atoms with Gasteiger partial charge in [0.25, 0.3) is 0 Å². The van der Waals surface area contributed by atoms with Gasteiger partial charge in [0, 0.05) is 10.0 Å². The third-order valence-corrected chi connectivity index (χ3v) is 2.25. The highest BCUT2D eigenvalue weighted by Crippen LogP contribution is 2.27. The van der Waals surface area contributed by atoms with E-state index in [2.05, 4.69) is 15.9 Å². The van der Waals surface area contributed by atoms with Crippen LogP contribution in [0, 0.1) is 0 Å². The number of ether oxygens (including phenoxy) is 1. The van der Waals surface area contributed by atoms with E-state index in [-0.39, 0.29) is 0 Å². The van der Waals surface area contributed by atoms with Crippen LogP contribution in [0.4, 0.5) is 4.39 Å². The standard InChI is InChI=1S/C9H11BrFNO/c1-13-9-3-2-6(10)4-7(9)8(12)5-11/h2-4,8H,5,12H2,1H3/t8-/m0/s1. The number of methoxy groups -OCH3 is 1. The van der Waals surface area contributed by atoms with Crippen LogP contribution in [0.15, 0.2) is 22.7 Å². The molecule has 4 heteroatoms. The third kappa shape index (κ3) is 2.42. The number of rotatable bonds is 3. The van der Waals surface area contributed by atoms with Gasteiger partial charge in [0.15, 0.2) is 0 Å². The molecule has 1 atom stereocenters. The number of alkyl halides is 1. The molecule has 1 aromatic rings. The number of nitrogens with two attached hydrogens (primary N) is 1. The Hall–Kier alpha value is -0.610. The van der Waals surface area contributed by atoms with Gasteiger partial charge in [-0.3, -0.25) is 0 Å². The summed E-state index contributed by atoms with van der Waals surface area (Å²) in [7, 11) is 1.54. The molecular weight excluding hydrogens is 237 g/mol. The van der Waals surface area contributed by atoms with Crippen molar-refractivity contribution < 1.29 is 9.13 Å². The Balaban J connectivity index is 3.07. The number of halogens is 2. The first kappa shape index (κ1) is 10.5. The minimum atomic E-state index is -0.618. The fourth-order valence-corrected chi connectivity index (χ4v) is 1.46. The second-order valence-electron chi connectivity index (χ2n) is 2.65. The number of benzene rings is 1. The van der Waals surface area contributed by atoms with Crippen molar-refractivity contribution in [1.82, 2.24) is 0 Å². The summed E-state index contributed by atoms with van der Waals surface area (Å²) in [6, 6.07) is 4.73. The van der Waals surface area contributed by atoms with E-state index < -0.39 is 12.7 Å². The molecule has 0 spiro atoms. The van der Waals surface area contributed by atoms with Crippen molar-refractivity contribution in [1.29, 1.82) is 0 Å². The highest BCUT2D eigenvalue weighted by molar-refractivity contribution is 9.10. The monoisotopic (exact) mass is 247 g/mol. The minimum Gasteiger partial charge on any atom is -0.496 e. The predicted molar refractivity (Wildman–Crippen MR) is 53.6 cm³/mol. The van der Waals surface area contributed by atoms with Crippen molar-refractivity contribution in [3.63, 3.8) is 0 Å². The molecule has 0 heterocycles. The Morgan fingerprint density at radius 1 is 1.62 bits per heavy atom. The molecule has 0 radical (unpaired) electrons. The van der Waals surface area contributed by atoms with Gasteiger partial charge < -0.3 is 10.5 Å². The van der Waals surface area contributed by atoms with Crippen molar-refractivity contribution in [3.8, 4) is 5.75 Å². The van der Waals surface area contributed by atoms with Crippen molar-refractivity contribution in [2.45, 2.75) is 6.04 Å². The van der Waals surface area contributed by atoms with Crippen LogP contribution < -0.4 is 10.5 Å². The first-order valence-corrected chi connectivity index (χ1v) is 4.63. The maximum Gasteiger partial charge on any atom is 0.123 e. The lowest BCUT2D eigenvalue weighted by atomic mass is 10.1. The SMILES string of the molecule is COc1ccc(Br)cc1[C@@H](N)CF. The first-order valence-electron chi connectivity index (χ1n) is 3.84. The van der Waals surface area contributed by atoms with Crippen LogP contribution in [-0.4, -0.2) is 13.8 Å². The molecule has 1 rings (SSSR count). The molecular formula is C9H11BrFNO. The van der Waals surface area contributed by atoms with Crippen LogP contribution in [-0.2, 0) is 0 Å². The molecule has 0 aliphatic rings. The molecule has 72 valence electrons. The zero-order chi connectivity index (χ0) is 9.84. The van der Waals surface area contributed by atoms with Crippen LogP contribution >= 0.6 is 15.9 Å². The molecule has 0 fully saturated rings. The molecule has 13 heavy (non-hydrogen) atoms. The highest BCUT2D eigenvalue weighted by Gasteiger charge is 2.11. The van der Waals surface area contributed by atoms with Crippen molar-refractivity contribution in [3.05, 3.63) is 28.2 Å². The van der Waals surface area contributed by atoms with Crippen LogP contribution in [0.25, 0.3) is 0 Å². The Morgan fingerprint density at radius 2 is 2.31 bits per heavy atom. The molecule has 1 aromatic carbocycles. The molecule has 0 amide bonds. The summed E-state index contributed by atoms with van der Waals surface area (Å²) >= 11 is 3.29. The van der Waals surface area contributed by atoms with Crippen LogP contribution in [0.3, 0.4) is 0 Å². The van der Waals surface area contributed by atoms with Gasteiger partial charge in [-0.25, -0.2) is 4.39 Å². The quantitative estimate of drug-likeness (QED) is 0.891. The lowest BCUT2D eigenvalue weighted by Crippen LogP contribution is -2.13. The summed E-state index contributed by atoms with van der Waals surface area (Å²) in [4.78, 5) is 0. The maximum absolute atomic E-state index is 12.3. The lowest BCUT2D eigenvalue weighted by Gasteiger charge is -2.12. The van der Waals surface area contributed by atoms with E-state index >= 15 is 0 Å². The average molecular weight is 248 g/mol. The predicted octanol–water partition coefficient (Wildman–Crippen LogP) is 2.43. The fraction of sp³-hybridized carbons (Fsp3) is 0.333. The Kier molecular flexibility index (Phi) is 3.69. The largest absolute Gasteiger partial charge is 0.496 e. The molecule has 0 aliphatic carbocycles. The summed E-state index contributed by atoms with van der Waals surface area (Å²) < 4.78 is 18.2. The van der Waals surface area contributed by atoms with E-state index in [1.54, 1.807) is 12.1 Å². The molecule has 2 N–H and O–H groups in total. The van der Waals surface area contributed by atoms with Crippen molar-refractivity contribution in [2.75, 3.05) is 13.8 Å². The summed E-state index contributed by atoms with van der Waals surface area (Å²) in [5.74, 6) is 0.619. The summed E-state index contributed by atoms with van der Waals surface area (Å²) in [6.45, 7) is -0.590. The normalized spacial score (nSPS) is 12.6. The molecule has 0 bridgehead atoms. The zero-order valence-corrected chi connectivity index (χ0v) is 8.84. The molecule has 2 nitrogen and oxygen atoms in total. The maximum atomic E-state index is 12.3. The van der Waals surface area contributed by atoms with Gasteiger partial charge in [-0.1, -0.05) is 15.9 Å². The Labute approximate surface area is 85.0 Å². The van der Waals surface area contributed by atoms with Gasteiger partial charge in [0.2, 0.25) is 0 Å². The molecule has 0 aromatic heterocycles. The molecule has 0 saturated carbocycles. The zero-order valence-electron chi connectivity index (χ0n) is 7.26. The van der Waals surface area contributed by atoms with E-state index in [1.807, 2.05) is 6.07 Å². The molecule has 0 saturated heterocycles. The van der Waals surface area contributed by atoms with Crippen molar-refractivity contribution in [2.24, 2.45) is 5.73 Å². The lowest BCUT2D eigenvalue weighted by molar-refractivity contribution is 0.389. The van der Waals surface area contributed by atoms with E-state index in [0.717, 1.165) is 4.47 Å². The molecule has 0 unspecified atom stereocenters. The van der Waals surface area contributed by atoms with Crippen LogP contribution in [0.5, 0.6) is 5.75 Å². The number of hydrogen-bond donors (Lipinski definition) is 1. The Morgan fingerprint density at radius 3 is 2.85 bits per heavy atom. The summed E-state index contributed by atoms with van der Waals surface area (Å²) in [5, 5.41) is 0. The van der Waals surface area contributed by atoms with E-state index in [1.165, 1.54) is 7.11 Å². The second kappa shape index (κ2) is 4.58. The van der Waals surface area contributed by atoms with Gasteiger partial charge in [0.05, 0.1) is 13.2 Å². The smallest absolute Gasteiger partial charge is 0.123 e. The van der Waals surface area contributed by atoms with E-state index in [4.69, 9.17) is 10.5 Å². The highest BCUT2D eigenvalue weighted by atomic mass is 79.9. The molecule has 0 aliphatic heterocycles. The summed E-state index contributed by atoms with van der Waals surface area (Å²) in [5.41, 5.74) is 6.24. The number of hydrogen-bond acceptors (Lipinski definition) is 2. The Bertz CT molecular complexity index is 293. The van der Waals surface area contributed by atoms with Gasteiger partial charge in [0.1, 0.15) is 12.4 Å². The minimum absolute atomic E-state index is 0.590. The topological polar surface area (TPSA) is 35.2 Å². The third-order valence-electron chi connectivity index (χ3n) is 1.76. The second-order valence-corrected chi connectivity index (χ2v) is 3.56. The van der Waals surface area contributed by atoms with Crippen LogP contribution in [0.2, 0.25) is 0 Å². The van der Waals surface area contributed by atoms with E-state index in [0.29, 0.717) is 11.3 Å². The first-order chi connectivity index (χ1) is 6.19. The van der Waals surface area contributed by atoms with Gasteiger partial charge in [-0.2, -0.15) is 0 Å². The van der Waals surface area contributed by atoms with Crippen LogP contribution in [0.1, 0.15) is 11.6 Å². The van der Waals surface area contributed by atoms with Gasteiger partial charge >= 0.3 is 0 Å². The fourth-order valence-electron chi connectivity index (χ4n) is 1.08.